The zero-order valence-electron chi connectivity index (χ0n) is 15.7. The second-order valence-corrected chi connectivity index (χ2v) is 8.15. The normalized spacial score (nSPS) is 20.1. The van der Waals surface area contributed by atoms with E-state index < -0.39 is 0 Å². The third kappa shape index (κ3) is 2.73. The Morgan fingerprint density at radius 2 is 1.86 bits per heavy atom. The summed E-state index contributed by atoms with van der Waals surface area (Å²) in [5, 5.41) is 5.82. The average Bonchev–Trinajstić information content (AvgIpc) is 3.14. The van der Waals surface area contributed by atoms with Gasteiger partial charge in [0.1, 0.15) is 0 Å². The van der Waals surface area contributed by atoms with Gasteiger partial charge in [-0.2, -0.15) is 5.10 Å². The van der Waals surface area contributed by atoms with Crippen LogP contribution in [0, 0.1) is 5.92 Å². The number of nitrogens with zero attached hydrogens (tertiary/aromatic N) is 4. The van der Waals surface area contributed by atoms with Crippen molar-refractivity contribution >= 4 is 28.2 Å². The van der Waals surface area contributed by atoms with Crippen molar-refractivity contribution in [1.82, 2.24) is 19.2 Å². The number of rotatable bonds is 2. The van der Waals surface area contributed by atoms with Crippen LogP contribution in [0.2, 0.25) is 5.02 Å². The summed E-state index contributed by atoms with van der Waals surface area (Å²) in [5.41, 5.74) is 3.46. The number of pyridine rings is 1. The maximum absolute atomic E-state index is 13.2. The van der Waals surface area contributed by atoms with E-state index in [2.05, 4.69) is 17.0 Å². The van der Waals surface area contributed by atoms with Gasteiger partial charge in [-0.1, -0.05) is 43.5 Å². The molecule has 142 valence electrons. The molecule has 28 heavy (non-hydrogen) atoms. The van der Waals surface area contributed by atoms with Crippen molar-refractivity contribution in [3.63, 3.8) is 0 Å². The second-order valence-electron chi connectivity index (χ2n) is 7.71. The first-order valence-corrected chi connectivity index (χ1v) is 10.1. The fourth-order valence-corrected chi connectivity index (χ4v) is 4.56. The lowest BCUT2D eigenvalue weighted by Crippen LogP contribution is -2.30. The highest BCUT2D eigenvalue weighted by Gasteiger charge is 2.24. The second kappa shape index (κ2) is 6.74. The molecular formula is C22H21ClN4O. The molecule has 4 aromatic rings. The molecule has 5 rings (SSSR count). The van der Waals surface area contributed by atoms with Crippen molar-refractivity contribution < 1.29 is 0 Å². The van der Waals surface area contributed by atoms with Crippen LogP contribution in [-0.4, -0.2) is 19.2 Å². The number of aromatic nitrogens is 4. The van der Waals surface area contributed by atoms with Crippen LogP contribution < -0.4 is 5.56 Å². The summed E-state index contributed by atoms with van der Waals surface area (Å²) >= 11 is 6.00. The quantitative estimate of drug-likeness (QED) is 0.476. The third-order valence-corrected chi connectivity index (χ3v) is 6.25. The van der Waals surface area contributed by atoms with Crippen molar-refractivity contribution in [2.45, 2.75) is 38.6 Å². The molecule has 1 aliphatic carbocycles. The van der Waals surface area contributed by atoms with Crippen LogP contribution in [0.1, 0.15) is 38.6 Å². The summed E-state index contributed by atoms with van der Waals surface area (Å²) < 4.78 is 3.67. The van der Waals surface area contributed by atoms with Crippen LogP contribution >= 0.6 is 11.6 Å². The molecule has 0 unspecified atom stereocenters. The summed E-state index contributed by atoms with van der Waals surface area (Å²) in [6.45, 7) is 2.24. The molecule has 0 amide bonds. The summed E-state index contributed by atoms with van der Waals surface area (Å²) in [6, 6.07) is 9.87. The smallest absolute Gasteiger partial charge is 0.261 e. The lowest BCUT2D eigenvalue weighted by atomic mass is 9.85. The average molecular weight is 393 g/mol. The van der Waals surface area contributed by atoms with Crippen molar-refractivity contribution in [2.24, 2.45) is 5.92 Å². The van der Waals surface area contributed by atoms with E-state index in [0.717, 1.165) is 28.7 Å². The van der Waals surface area contributed by atoms with Crippen LogP contribution in [0.3, 0.4) is 0 Å². The van der Waals surface area contributed by atoms with Crippen LogP contribution in [0.15, 0.2) is 53.7 Å². The van der Waals surface area contributed by atoms with Gasteiger partial charge in [0.25, 0.3) is 5.56 Å². The van der Waals surface area contributed by atoms with Crippen molar-refractivity contribution in [3.05, 3.63) is 64.3 Å². The molecule has 0 saturated heterocycles. The van der Waals surface area contributed by atoms with E-state index in [9.17, 15) is 4.79 Å². The maximum atomic E-state index is 13.2. The van der Waals surface area contributed by atoms with Gasteiger partial charge in [0, 0.05) is 29.0 Å². The Labute approximate surface area is 167 Å². The van der Waals surface area contributed by atoms with Crippen molar-refractivity contribution in [1.29, 1.82) is 0 Å². The van der Waals surface area contributed by atoms with Crippen molar-refractivity contribution in [3.8, 4) is 11.1 Å². The summed E-state index contributed by atoms with van der Waals surface area (Å²) in [6.07, 6.45) is 10.1. The largest absolute Gasteiger partial charge is 0.312 e. The first-order chi connectivity index (χ1) is 13.6. The van der Waals surface area contributed by atoms with Gasteiger partial charge in [-0.15, -0.1) is 0 Å². The number of benzene rings is 1. The Bertz CT molecular complexity index is 1230. The molecule has 0 bridgehead atoms. The summed E-state index contributed by atoms with van der Waals surface area (Å²) in [7, 11) is 0. The van der Waals surface area contributed by atoms with Gasteiger partial charge in [-0.3, -0.25) is 4.79 Å². The molecule has 0 aliphatic heterocycles. The highest BCUT2D eigenvalue weighted by molar-refractivity contribution is 6.30. The Kier molecular flexibility index (Phi) is 4.20. The standard InChI is InChI=1S/C22H21ClN4O/c1-14-4-2-3-5-19(14)26-11-10-20-18(22(26)28)12-24-21-17(13-25-27(20)21)15-6-8-16(23)9-7-15/h6-14,19H,2-5H2,1H3/t14-,19-/m0/s1. The maximum Gasteiger partial charge on any atom is 0.261 e. The minimum absolute atomic E-state index is 0.0224. The zero-order valence-corrected chi connectivity index (χ0v) is 16.4. The van der Waals surface area contributed by atoms with Gasteiger partial charge in [-0.05, 0) is 42.5 Å². The summed E-state index contributed by atoms with van der Waals surface area (Å²) in [5.74, 6) is 0.516. The predicted molar refractivity (Wildman–Crippen MR) is 112 cm³/mol. The topological polar surface area (TPSA) is 52.2 Å². The molecule has 5 nitrogen and oxygen atoms in total. The Hall–Kier alpha value is -2.66. The first kappa shape index (κ1) is 17.4. The fraction of sp³-hybridized carbons (Fsp3) is 0.318. The molecule has 0 radical (unpaired) electrons. The molecule has 6 heteroatoms. The lowest BCUT2D eigenvalue weighted by Gasteiger charge is -2.30. The predicted octanol–water partition coefficient (Wildman–Crippen LogP) is 5.12. The molecule has 1 saturated carbocycles. The third-order valence-electron chi connectivity index (χ3n) is 6.00. The molecule has 3 heterocycles. The Balaban J connectivity index is 1.66. The van der Waals surface area contributed by atoms with Crippen LogP contribution in [0.4, 0.5) is 0 Å². The molecule has 0 spiro atoms. The SMILES string of the molecule is C[C@H]1CCCC[C@@H]1n1ccc2c(cnc3c(-c4ccc(Cl)cc4)cnn32)c1=O. The minimum Gasteiger partial charge on any atom is -0.312 e. The molecule has 1 aliphatic rings. The Morgan fingerprint density at radius 3 is 2.64 bits per heavy atom. The van der Waals surface area contributed by atoms with Gasteiger partial charge in [-0.25, -0.2) is 9.50 Å². The number of halogens is 1. The molecule has 1 fully saturated rings. The number of hydrogen-bond acceptors (Lipinski definition) is 3. The van der Waals surface area contributed by atoms with E-state index in [-0.39, 0.29) is 11.6 Å². The number of hydrogen-bond donors (Lipinski definition) is 0. The molecule has 1 aromatic carbocycles. The van der Waals surface area contributed by atoms with Crippen LogP contribution in [-0.2, 0) is 0 Å². The van der Waals surface area contributed by atoms with Crippen molar-refractivity contribution in [2.75, 3.05) is 0 Å². The molecule has 0 N–H and O–H groups in total. The lowest BCUT2D eigenvalue weighted by molar-refractivity contribution is 0.253. The van der Waals surface area contributed by atoms with Gasteiger partial charge >= 0.3 is 0 Å². The Morgan fingerprint density at radius 1 is 1.07 bits per heavy atom. The van der Waals surface area contributed by atoms with Crippen LogP contribution in [0.25, 0.3) is 27.7 Å². The molecule has 3 aromatic heterocycles. The molecule has 2 atom stereocenters. The van der Waals surface area contributed by atoms with Gasteiger partial charge in [0.05, 0.1) is 17.1 Å². The molecular weight excluding hydrogens is 372 g/mol. The number of fused-ring (bicyclic) bond motifs is 3. The van der Waals surface area contributed by atoms with E-state index in [0.29, 0.717) is 16.3 Å². The zero-order chi connectivity index (χ0) is 19.3. The first-order valence-electron chi connectivity index (χ1n) is 9.77. The monoisotopic (exact) mass is 392 g/mol. The highest BCUT2D eigenvalue weighted by Crippen LogP contribution is 2.33. The highest BCUT2D eigenvalue weighted by atomic mass is 35.5. The van der Waals surface area contributed by atoms with Crippen LogP contribution in [0.5, 0.6) is 0 Å². The van der Waals surface area contributed by atoms with E-state index in [4.69, 9.17) is 11.6 Å². The fourth-order valence-electron chi connectivity index (χ4n) is 4.44. The van der Waals surface area contributed by atoms with E-state index in [1.54, 1.807) is 16.9 Å². The van der Waals surface area contributed by atoms with E-state index in [1.807, 2.05) is 41.1 Å². The van der Waals surface area contributed by atoms with Gasteiger partial charge in [0.2, 0.25) is 0 Å². The van der Waals surface area contributed by atoms with E-state index in [1.165, 1.54) is 19.3 Å². The minimum atomic E-state index is 0.0224. The van der Waals surface area contributed by atoms with E-state index >= 15 is 0 Å². The summed E-state index contributed by atoms with van der Waals surface area (Å²) in [4.78, 5) is 17.8. The van der Waals surface area contributed by atoms with Gasteiger partial charge in [0.15, 0.2) is 5.65 Å². The van der Waals surface area contributed by atoms with Gasteiger partial charge < -0.3 is 4.57 Å².